The number of anilines is 1. The van der Waals surface area contributed by atoms with Crippen molar-refractivity contribution in [1.82, 2.24) is 9.21 Å². The standard InChI is InChI=1S/C16H25N3O4S/c1-5-18(9-8-17(3)4)24(21,22)14-6-7-15-16(12-14)23-11-10-19(15)13(2)20/h6-7,12H,5,8-11H2,1-4H3. The Kier molecular flexibility index (Phi) is 5.84. The predicted molar refractivity (Wildman–Crippen MR) is 93.0 cm³/mol. The number of fused-ring (bicyclic) bond motifs is 1. The molecule has 0 saturated heterocycles. The quantitative estimate of drug-likeness (QED) is 0.761. The summed E-state index contributed by atoms with van der Waals surface area (Å²) in [6.45, 7) is 5.59. The van der Waals surface area contributed by atoms with Gasteiger partial charge in [0.05, 0.1) is 17.1 Å². The van der Waals surface area contributed by atoms with E-state index in [4.69, 9.17) is 4.74 Å². The second kappa shape index (κ2) is 7.50. The number of rotatable bonds is 6. The van der Waals surface area contributed by atoms with Crippen LogP contribution in [-0.4, -0.2) is 70.4 Å². The molecule has 134 valence electrons. The Morgan fingerprint density at radius 3 is 2.58 bits per heavy atom. The summed E-state index contributed by atoms with van der Waals surface area (Å²) in [5.74, 6) is 0.345. The molecule has 0 atom stereocenters. The highest BCUT2D eigenvalue weighted by molar-refractivity contribution is 7.89. The highest BCUT2D eigenvalue weighted by Crippen LogP contribution is 2.34. The first-order valence-corrected chi connectivity index (χ1v) is 9.41. The third-order valence-corrected chi connectivity index (χ3v) is 5.93. The zero-order valence-corrected chi connectivity index (χ0v) is 15.5. The summed E-state index contributed by atoms with van der Waals surface area (Å²) in [6.07, 6.45) is 0. The molecule has 0 saturated carbocycles. The Labute approximate surface area is 143 Å². The largest absolute Gasteiger partial charge is 0.489 e. The topological polar surface area (TPSA) is 70.2 Å². The Bertz CT molecular complexity index is 703. The first-order valence-electron chi connectivity index (χ1n) is 7.97. The number of ether oxygens (including phenoxy) is 1. The molecule has 8 heteroatoms. The molecule has 0 aromatic heterocycles. The van der Waals surface area contributed by atoms with Crippen molar-refractivity contribution < 1.29 is 17.9 Å². The van der Waals surface area contributed by atoms with Crippen LogP contribution in [0.5, 0.6) is 5.75 Å². The average molecular weight is 355 g/mol. The molecule has 1 heterocycles. The molecular formula is C16H25N3O4S. The lowest BCUT2D eigenvalue weighted by atomic mass is 10.2. The molecule has 0 radical (unpaired) electrons. The second-order valence-corrected chi connectivity index (χ2v) is 7.89. The summed E-state index contributed by atoms with van der Waals surface area (Å²) in [4.78, 5) is 15.4. The van der Waals surface area contributed by atoms with E-state index in [9.17, 15) is 13.2 Å². The van der Waals surface area contributed by atoms with E-state index in [0.717, 1.165) is 0 Å². The van der Waals surface area contributed by atoms with Crippen LogP contribution in [-0.2, 0) is 14.8 Å². The smallest absolute Gasteiger partial charge is 0.243 e. The fourth-order valence-electron chi connectivity index (χ4n) is 2.60. The molecular weight excluding hydrogens is 330 g/mol. The number of amides is 1. The molecule has 0 spiro atoms. The SMILES string of the molecule is CCN(CCN(C)C)S(=O)(=O)c1ccc2c(c1)OCCN2C(C)=O. The molecule has 24 heavy (non-hydrogen) atoms. The van der Waals surface area contributed by atoms with Crippen LogP contribution in [0.2, 0.25) is 0 Å². The van der Waals surface area contributed by atoms with Gasteiger partial charge in [0.1, 0.15) is 12.4 Å². The van der Waals surface area contributed by atoms with Gasteiger partial charge in [-0.2, -0.15) is 4.31 Å². The molecule has 1 aliphatic rings. The average Bonchev–Trinajstić information content (AvgIpc) is 2.53. The van der Waals surface area contributed by atoms with Crippen LogP contribution in [0.15, 0.2) is 23.1 Å². The number of hydrogen-bond acceptors (Lipinski definition) is 5. The van der Waals surface area contributed by atoms with E-state index in [2.05, 4.69) is 0 Å². The van der Waals surface area contributed by atoms with Crippen LogP contribution < -0.4 is 9.64 Å². The summed E-state index contributed by atoms with van der Waals surface area (Å²) < 4.78 is 32.7. The number of nitrogens with zero attached hydrogens (tertiary/aromatic N) is 3. The summed E-state index contributed by atoms with van der Waals surface area (Å²) in [7, 11) is 0.218. The minimum absolute atomic E-state index is 0.0867. The molecule has 0 fully saturated rings. The van der Waals surface area contributed by atoms with Crippen LogP contribution in [0.25, 0.3) is 0 Å². The highest BCUT2D eigenvalue weighted by atomic mass is 32.2. The van der Waals surface area contributed by atoms with Crippen LogP contribution in [0.4, 0.5) is 5.69 Å². The number of likely N-dealkylation sites (N-methyl/N-ethyl adjacent to an activating group) is 2. The zero-order valence-electron chi connectivity index (χ0n) is 14.7. The van der Waals surface area contributed by atoms with Crippen molar-refractivity contribution in [2.45, 2.75) is 18.7 Å². The van der Waals surface area contributed by atoms with Gasteiger partial charge in [0.15, 0.2) is 0 Å². The number of carbonyl (C=O) groups is 1. The fraction of sp³-hybridized carbons (Fsp3) is 0.562. The van der Waals surface area contributed by atoms with Gasteiger partial charge in [0, 0.05) is 32.6 Å². The number of sulfonamides is 1. The third-order valence-electron chi connectivity index (χ3n) is 3.96. The summed E-state index contributed by atoms with van der Waals surface area (Å²) in [5.41, 5.74) is 0.615. The van der Waals surface area contributed by atoms with Gasteiger partial charge < -0.3 is 14.5 Å². The van der Waals surface area contributed by atoms with Crippen molar-refractivity contribution >= 4 is 21.6 Å². The normalized spacial score (nSPS) is 14.7. The van der Waals surface area contributed by atoms with Gasteiger partial charge in [0.25, 0.3) is 0 Å². The Hall–Kier alpha value is -1.64. The molecule has 0 N–H and O–H groups in total. The lowest BCUT2D eigenvalue weighted by Crippen LogP contribution is -2.37. The molecule has 0 unspecified atom stereocenters. The van der Waals surface area contributed by atoms with Crippen molar-refractivity contribution in [2.75, 3.05) is 51.8 Å². The lowest BCUT2D eigenvalue weighted by molar-refractivity contribution is -0.116. The van der Waals surface area contributed by atoms with Gasteiger partial charge in [-0.1, -0.05) is 6.92 Å². The van der Waals surface area contributed by atoms with Crippen molar-refractivity contribution in [2.24, 2.45) is 0 Å². The van der Waals surface area contributed by atoms with Crippen molar-refractivity contribution in [3.8, 4) is 5.75 Å². The molecule has 0 bridgehead atoms. The monoisotopic (exact) mass is 355 g/mol. The van der Waals surface area contributed by atoms with Crippen molar-refractivity contribution in [3.63, 3.8) is 0 Å². The maximum absolute atomic E-state index is 12.8. The van der Waals surface area contributed by atoms with E-state index in [1.807, 2.05) is 25.9 Å². The van der Waals surface area contributed by atoms with Gasteiger partial charge in [0.2, 0.25) is 15.9 Å². The van der Waals surface area contributed by atoms with Crippen molar-refractivity contribution in [3.05, 3.63) is 18.2 Å². The summed E-state index contributed by atoms with van der Waals surface area (Å²) in [5, 5.41) is 0. The highest BCUT2D eigenvalue weighted by Gasteiger charge is 2.27. The minimum Gasteiger partial charge on any atom is -0.489 e. The molecule has 1 amide bonds. The fourth-order valence-corrected chi connectivity index (χ4v) is 4.05. The molecule has 7 nitrogen and oxygen atoms in total. The van der Waals surface area contributed by atoms with E-state index < -0.39 is 10.0 Å². The van der Waals surface area contributed by atoms with E-state index in [0.29, 0.717) is 44.2 Å². The Balaban J connectivity index is 2.33. The second-order valence-electron chi connectivity index (χ2n) is 5.95. The van der Waals surface area contributed by atoms with Crippen LogP contribution in [0.1, 0.15) is 13.8 Å². The number of carbonyl (C=O) groups excluding carboxylic acids is 1. The maximum atomic E-state index is 12.8. The van der Waals surface area contributed by atoms with E-state index in [1.165, 1.54) is 23.4 Å². The molecule has 2 rings (SSSR count). The number of hydrogen-bond donors (Lipinski definition) is 0. The lowest BCUT2D eigenvalue weighted by Gasteiger charge is -2.29. The van der Waals surface area contributed by atoms with Gasteiger partial charge in [-0.3, -0.25) is 4.79 Å². The minimum atomic E-state index is -3.59. The van der Waals surface area contributed by atoms with Crippen LogP contribution >= 0.6 is 0 Å². The Morgan fingerprint density at radius 2 is 2.00 bits per heavy atom. The number of benzene rings is 1. The maximum Gasteiger partial charge on any atom is 0.243 e. The first kappa shape index (κ1) is 18.7. The van der Waals surface area contributed by atoms with E-state index in [1.54, 1.807) is 11.0 Å². The van der Waals surface area contributed by atoms with Gasteiger partial charge in [-0.15, -0.1) is 0 Å². The third kappa shape index (κ3) is 3.88. The molecule has 0 aliphatic carbocycles. The van der Waals surface area contributed by atoms with E-state index >= 15 is 0 Å². The van der Waals surface area contributed by atoms with Gasteiger partial charge >= 0.3 is 0 Å². The van der Waals surface area contributed by atoms with Gasteiger partial charge in [-0.25, -0.2) is 8.42 Å². The zero-order chi connectivity index (χ0) is 17.9. The van der Waals surface area contributed by atoms with Crippen LogP contribution in [0.3, 0.4) is 0 Å². The molecule has 1 aromatic carbocycles. The summed E-state index contributed by atoms with van der Waals surface area (Å²) in [6, 6.07) is 4.69. The Morgan fingerprint density at radius 1 is 1.29 bits per heavy atom. The molecule has 1 aromatic rings. The summed E-state index contributed by atoms with van der Waals surface area (Å²) >= 11 is 0. The van der Waals surface area contributed by atoms with E-state index in [-0.39, 0.29) is 10.8 Å². The predicted octanol–water partition coefficient (Wildman–Crippen LogP) is 1.00. The first-order chi connectivity index (χ1) is 11.3. The van der Waals surface area contributed by atoms with Crippen LogP contribution in [0, 0.1) is 0 Å². The molecule has 1 aliphatic heterocycles. The van der Waals surface area contributed by atoms with Crippen molar-refractivity contribution in [1.29, 1.82) is 0 Å². The van der Waals surface area contributed by atoms with Gasteiger partial charge in [-0.05, 0) is 26.2 Å².